The van der Waals surface area contributed by atoms with Gasteiger partial charge in [0.1, 0.15) is 13.2 Å². The second-order valence-electron chi connectivity index (χ2n) is 4.04. The van der Waals surface area contributed by atoms with Crippen LogP contribution in [0.15, 0.2) is 22.6 Å². The summed E-state index contributed by atoms with van der Waals surface area (Å²) in [7, 11) is 1.78. The molecule has 5 nitrogen and oxygen atoms in total. The molecule has 0 unspecified atom stereocenters. The first-order valence-electron chi connectivity index (χ1n) is 5.83. The maximum atomic E-state index is 5.62. The molecular formula is C13H14N2O3. The summed E-state index contributed by atoms with van der Waals surface area (Å²) in [5, 5.41) is 2.89. The second-order valence-corrected chi connectivity index (χ2v) is 4.04. The highest BCUT2D eigenvalue weighted by atomic mass is 16.6. The van der Waals surface area contributed by atoms with Crippen molar-refractivity contribution < 1.29 is 13.9 Å². The van der Waals surface area contributed by atoms with Gasteiger partial charge in [0.15, 0.2) is 17.3 Å². The maximum absolute atomic E-state index is 5.62. The number of hydrogen-bond donors (Lipinski definition) is 1. The van der Waals surface area contributed by atoms with E-state index in [0.29, 0.717) is 19.2 Å². The minimum Gasteiger partial charge on any atom is -0.486 e. The fourth-order valence-electron chi connectivity index (χ4n) is 1.96. The molecule has 2 heterocycles. The minimum absolute atomic E-state index is 0.511. The highest BCUT2D eigenvalue weighted by Gasteiger charge is 2.16. The van der Waals surface area contributed by atoms with Gasteiger partial charge in [0.2, 0.25) is 0 Å². The van der Waals surface area contributed by atoms with E-state index in [-0.39, 0.29) is 0 Å². The van der Waals surface area contributed by atoms with Crippen LogP contribution in [0.4, 0.5) is 6.01 Å². The van der Waals surface area contributed by atoms with Crippen molar-refractivity contribution in [2.75, 3.05) is 25.6 Å². The Morgan fingerprint density at radius 3 is 2.67 bits per heavy atom. The van der Waals surface area contributed by atoms with Gasteiger partial charge in [0.05, 0.1) is 5.69 Å². The summed E-state index contributed by atoms with van der Waals surface area (Å²) in [6.45, 7) is 3.08. The largest absolute Gasteiger partial charge is 0.486 e. The summed E-state index contributed by atoms with van der Waals surface area (Å²) in [4.78, 5) is 4.27. The lowest BCUT2D eigenvalue weighted by Gasteiger charge is -2.18. The molecule has 3 rings (SSSR count). The number of rotatable bonds is 2. The Morgan fingerprint density at radius 2 is 1.94 bits per heavy atom. The van der Waals surface area contributed by atoms with Crippen molar-refractivity contribution >= 4 is 6.01 Å². The fraction of sp³-hybridized carbons (Fsp3) is 0.308. The predicted octanol–water partition coefficient (Wildman–Crippen LogP) is 2.46. The number of oxazole rings is 1. The molecule has 1 aromatic carbocycles. The number of benzene rings is 1. The molecular weight excluding hydrogens is 232 g/mol. The average molecular weight is 246 g/mol. The van der Waals surface area contributed by atoms with Crippen LogP contribution in [0.3, 0.4) is 0 Å². The zero-order valence-electron chi connectivity index (χ0n) is 10.3. The third-order valence-corrected chi connectivity index (χ3v) is 2.81. The van der Waals surface area contributed by atoms with Crippen molar-refractivity contribution in [2.24, 2.45) is 0 Å². The molecule has 0 bridgehead atoms. The lowest BCUT2D eigenvalue weighted by Crippen LogP contribution is -2.15. The van der Waals surface area contributed by atoms with Gasteiger partial charge < -0.3 is 19.2 Å². The lowest BCUT2D eigenvalue weighted by atomic mass is 10.1. The van der Waals surface area contributed by atoms with Crippen LogP contribution in [0.5, 0.6) is 11.5 Å². The SMILES string of the molecule is CNc1nc(C)c(-c2ccc3c(c2)OCCO3)o1. The Balaban J connectivity index is 2.03. The summed E-state index contributed by atoms with van der Waals surface area (Å²) in [6.07, 6.45) is 0. The Kier molecular flexibility index (Phi) is 2.59. The van der Waals surface area contributed by atoms with Crippen LogP contribution in [-0.4, -0.2) is 25.2 Å². The van der Waals surface area contributed by atoms with Crippen molar-refractivity contribution in [2.45, 2.75) is 6.92 Å². The highest BCUT2D eigenvalue weighted by Crippen LogP contribution is 2.36. The average Bonchev–Trinajstić information content (AvgIpc) is 2.79. The van der Waals surface area contributed by atoms with Crippen molar-refractivity contribution in [1.82, 2.24) is 4.98 Å². The number of nitrogens with zero attached hydrogens (tertiary/aromatic N) is 1. The Bertz CT molecular complexity index is 578. The van der Waals surface area contributed by atoms with Gasteiger partial charge in [-0.2, -0.15) is 4.98 Å². The standard InChI is InChI=1S/C13H14N2O3/c1-8-12(18-13(14-2)15-8)9-3-4-10-11(7-9)17-6-5-16-10/h3-4,7H,5-6H2,1-2H3,(H,14,15). The topological polar surface area (TPSA) is 56.5 Å². The second kappa shape index (κ2) is 4.25. The smallest absolute Gasteiger partial charge is 0.295 e. The van der Waals surface area contributed by atoms with Gasteiger partial charge >= 0.3 is 0 Å². The van der Waals surface area contributed by atoms with E-state index in [4.69, 9.17) is 13.9 Å². The first-order chi connectivity index (χ1) is 8.78. The molecule has 0 aliphatic carbocycles. The van der Waals surface area contributed by atoms with E-state index in [2.05, 4.69) is 10.3 Å². The quantitative estimate of drug-likeness (QED) is 0.882. The van der Waals surface area contributed by atoms with Crippen LogP contribution in [0.1, 0.15) is 5.69 Å². The molecule has 94 valence electrons. The van der Waals surface area contributed by atoms with Crippen LogP contribution < -0.4 is 14.8 Å². The molecule has 0 amide bonds. The van der Waals surface area contributed by atoms with E-state index in [1.54, 1.807) is 7.05 Å². The molecule has 0 fully saturated rings. The van der Waals surface area contributed by atoms with Gasteiger partial charge in [0.25, 0.3) is 6.01 Å². The number of hydrogen-bond acceptors (Lipinski definition) is 5. The molecule has 0 spiro atoms. The summed E-state index contributed by atoms with van der Waals surface area (Å²) >= 11 is 0. The monoisotopic (exact) mass is 246 g/mol. The van der Waals surface area contributed by atoms with E-state index >= 15 is 0 Å². The van der Waals surface area contributed by atoms with E-state index in [9.17, 15) is 0 Å². The molecule has 2 aromatic rings. The molecule has 18 heavy (non-hydrogen) atoms. The van der Waals surface area contributed by atoms with Gasteiger partial charge in [-0.3, -0.25) is 0 Å². The third-order valence-electron chi connectivity index (χ3n) is 2.81. The molecule has 1 aliphatic rings. The molecule has 0 radical (unpaired) electrons. The molecule has 1 aliphatic heterocycles. The maximum Gasteiger partial charge on any atom is 0.295 e. The highest BCUT2D eigenvalue weighted by molar-refractivity contribution is 5.65. The summed E-state index contributed by atoms with van der Waals surface area (Å²) in [5.41, 5.74) is 1.78. The molecule has 1 aromatic heterocycles. The minimum atomic E-state index is 0.511. The predicted molar refractivity (Wildman–Crippen MR) is 67.2 cm³/mol. The van der Waals surface area contributed by atoms with Crippen LogP contribution in [-0.2, 0) is 0 Å². The molecule has 0 saturated carbocycles. The fourth-order valence-corrected chi connectivity index (χ4v) is 1.96. The summed E-state index contributed by atoms with van der Waals surface area (Å²) in [5.74, 6) is 2.27. The van der Waals surface area contributed by atoms with Gasteiger partial charge in [-0.1, -0.05) is 0 Å². The zero-order chi connectivity index (χ0) is 12.5. The first kappa shape index (κ1) is 11.0. The molecule has 0 saturated heterocycles. The van der Waals surface area contributed by atoms with E-state index in [1.807, 2.05) is 25.1 Å². The summed E-state index contributed by atoms with van der Waals surface area (Å²) in [6, 6.07) is 6.27. The van der Waals surface area contributed by atoms with E-state index in [1.165, 1.54) is 0 Å². The Labute approximate surface area is 105 Å². The zero-order valence-corrected chi connectivity index (χ0v) is 10.3. The molecule has 5 heteroatoms. The normalized spacial score (nSPS) is 13.4. The van der Waals surface area contributed by atoms with Crippen LogP contribution >= 0.6 is 0 Å². The van der Waals surface area contributed by atoms with Crippen molar-refractivity contribution in [3.63, 3.8) is 0 Å². The third kappa shape index (κ3) is 1.77. The lowest BCUT2D eigenvalue weighted by molar-refractivity contribution is 0.171. The number of nitrogens with one attached hydrogen (secondary N) is 1. The van der Waals surface area contributed by atoms with Crippen LogP contribution in [0.25, 0.3) is 11.3 Å². The number of anilines is 1. The van der Waals surface area contributed by atoms with Crippen LogP contribution in [0, 0.1) is 6.92 Å². The molecule has 0 atom stereocenters. The van der Waals surface area contributed by atoms with Gasteiger partial charge in [0, 0.05) is 12.6 Å². The van der Waals surface area contributed by atoms with Gasteiger partial charge in [-0.05, 0) is 25.1 Å². The first-order valence-corrected chi connectivity index (χ1v) is 5.83. The van der Waals surface area contributed by atoms with E-state index < -0.39 is 0 Å². The molecule has 1 N–H and O–H groups in total. The number of aryl methyl sites for hydroxylation is 1. The number of fused-ring (bicyclic) bond motifs is 1. The van der Waals surface area contributed by atoms with Gasteiger partial charge in [-0.25, -0.2) is 0 Å². The number of aromatic nitrogens is 1. The Hall–Kier alpha value is -2.17. The van der Waals surface area contributed by atoms with Crippen molar-refractivity contribution in [3.8, 4) is 22.8 Å². The van der Waals surface area contributed by atoms with E-state index in [0.717, 1.165) is 28.5 Å². The van der Waals surface area contributed by atoms with Crippen LogP contribution in [0.2, 0.25) is 0 Å². The van der Waals surface area contributed by atoms with Gasteiger partial charge in [-0.15, -0.1) is 0 Å². The number of ether oxygens (including phenoxy) is 2. The Morgan fingerprint density at radius 1 is 1.17 bits per heavy atom. The van der Waals surface area contributed by atoms with Crippen molar-refractivity contribution in [1.29, 1.82) is 0 Å². The van der Waals surface area contributed by atoms with Crippen molar-refractivity contribution in [3.05, 3.63) is 23.9 Å². The summed E-state index contributed by atoms with van der Waals surface area (Å²) < 4.78 is 16.7.